The van der Waals surface area contributed by atoms with Gasteiger partial charge in [-0.05, 0) is 48.7 Å². The smallest absolute Gasteiger partial charge is 0.120 e. The van der Waals surface area contributed by atoms with Crippen molar-refractivity contribution in [2.45, 2.75) is 19.8 Å². The van der Waals surface area contributed by atoms with Gasteiger partial charge >= 0.3 is 0 Å². The number of fused-ring (bicyclic) bond motifs is 3. The molecule has 0 fully saturated rings. The van der Waals surface area contributed by atoms with E-state index < -0.39 is 6.67 Å². The summed E-state index contributed by atoms with van der Waals surface area (Å²) in [6.45, 7) is 4.04. The molecule has 4 nitrogen and oxygen atoms in total. The van der Waals surface area contributed by atoms with E-state index in [0.29, 0.717) is 26.4 Å². The SMILES string of the molecule is CCc1ccc2[nH]c3ccc(OCCOCCCOCCF)cc3c2c1. The third-order valence-corrected chi connectivity index (χ3v) is 4.34. The van der Waals surface area contributed by atoms with Crippen LogP contribution in [0.5, 0.6) is 5.75 Å². The molecular weight excluding hydrogens is 333 g/mol. The monoisotopic (exact) mass is 359 g/mol. The molecule has 0 bridgehead atoms. The average molecular weight is 359 g/mol. The van der Waals surface area contributed by atoms with Crippen molar-refractivity contribution in [2.24, 2.45) is 0 Å². The Morgan fingerprint density at radius 3 is 2.35 bits per heavy atom. The number of aromatic amines is 1. The highest BCUT2D eigenvalue weighted by atomic mass is 19.1. The zero-order chi connectivity index (χ0) is 18.2. The van der Waals surface area contributed by atoms with Crippen LogP contribution in [-0.2, 0) is 15.9 Å². The third-order valence-electron chi connectivity index (χ3n) is 4.34. The van der Waals surface area contributed by atoms with Gasteiger partial charge in [0.25, 0.3) is 0 Å². The van der Waals surface area contributed by atoms with E-state index in [4.69, 9.17) is 14.2 Å². The summed E-state index contributed by atoms with van der Waals surface area (Å²) in [7, 11) is 0. The Hall–Kier alpha value is -2.11. The van der Waals surface area contributed by atoms with Crippen LogP contribution in [0.3, 0.4) is 0 Å². The maximum Gasteiger partial charge on any atom is 0.120 e. The number of aryl methyl sites for hydroxylation is 1. The topological polar surface area (TPSA) is 43.5 Å². The number of benzene rings is 2. The first-order valence-electron chi connectivity index (χ1n) is 9.20. The molecule has 0 radical (unpaired) electrons. The number of H-pyrrole nitrogens is 1. The minimum absolute atomic E-state index is 0.166. The van der Waals surface area contributed by atoms with E-state index in [0.717, 1.165) is 29.6 Å². The summed E-state index contributed by atoms with van der Waals surface area (Å²) in [4.78, 5) is 3.45. The third kappa shape index (κ3) is 4.74. The Balaban J connectivity index is 1.51. The molecule has 0 saturated carbocycles. The summed E-state index contributed by atoms with van der Waals surface area (Å²) in [5.41, 5.74) is 3.59. The molecule has 0 saturated heterocycles. The molecule has 0 unspecified atom stereocenters. The lowest BCUT2D eigenvalue weighted by molar-refractivity contribution is 0.0643. The minimum atomic E-state index is -0.435. The van der Waals surface area contributed by atoms with E-state index in [-0.39, 0.29) is 6.61 Å². The van der Waals surface area contributed by atoms with Crippen LogP contribution in [-0.4, -0.2) is 44.7 Å². The molecule has 2 aromatic carbocycles. The molecule has 0 atom stereocenters. The van der Waals surface area contributed by atoms with Gasteiger partial charge in [-0.3, -0.25) is 0 Å². The fourth-order valence-corrected chi connectivity index (χ4v) is 2.97. The Bertz CT molecular complexity index is 831. The standard InChI is InChI=1S/C21H26FNO3/c1-2-16-4-6-20-18(14-16)19-15-17(5-7-21(19)23-20)26-13-12-25-10-3-9-24-11-8-22/h4-7,14-15,23H,2-3,8-13H2,1H3. The maximum atomic E-state index is 11.9. The van der Waals surface area contributed by atoms with Gasteiger partial charge in [0.15, 0.2) is 0 Å². The summed E-state index contributed by atoms with van der Waals surface area (Å²) < 4.78 is 28.2. The quantitative estimate of drug-likeness (QED) is 0.507. The summed E-state index contributed by atoms with van der Waals surface area (Å²) >= 11 is 0. The Morgan fingerprint density at radius 2 is 1.58 bits per heavy atom. The van der Waals surface area contributed by atoms with Crippen LogP contribution < -0.4 is 4.74 Å². The maximum absolute atomic E-state index is 11.9. The van der Waals surface area contributed by atoms with Crippen molar-refractivity contribution >= 4 is 21.8 Å². The summed E-state index contributed by atoms with van der Waals surface area (Å²) in [5, 5.41) is 2.41. The molecule has 0 amide bonds. The largest absolute Gasteiger partial charge is 0.491 e. The van der Waals surface area contributed by atoms with Crippen LogP contribution in [0.1, 0.15) is 18.9 Å². The molecule has 1 aromatic heterocycles. The van der Waals surface area contributed by atoms with Crippen molar-refractivity contribution in [1.29, 1.82) is 0 Å². The van der Waals surface area contributed by atoms with Gasteiger partial charge < -0.3 is 19.2 Å². The molecule has 0 aliphatic carbocycles. The van der Waals surface area contributed by atoms with Gasteiger partial charge in [0.2, 0.25) is 0 Å². The highest BCUT2D eigenvalue weighted by molar-refractivity contribution is 6.07. The van der Waals surface area contributed by atoms with Crippen molar-refractivity contribution in [2.75, 3.05) is 39.7 Å². The molecular formula is C21H26FNO3. The van der Waals surface area contributed by atoms with Crippen molar-refractivity contribution in [3.63, 3.8) is 0 Å². The fraction of sp³-hybridized carbons (Fsp3) is 0.429. The lowest BCUT2D eigenvalue weighted by Gasteiger charge is -2.07. The second-order valence-electron chi connectivity index (χ2n) is 6.18. The number of aromatic nitrogens is 1. The second-order valence-corrected chi connectivity index (χ2v) is 6.18. The first-order valence-corrected chi connectivity index (χ1v) is 9.20. The number of hydrogen-bond donors (Lipinski definition) is 1. The van der Waals surface area contributed by atoms with Gasteiger partial charge in [-0.25, -0.2) is 4.39 Å². The zero-order valence-electron chi connectivity index (χ0n) is 15.2. The average Bonchev–Trinajstić information content (AvgIpc) is 3.03. The lowest BCUT2D eigenvalue weighted by atomic mass is 10.1. The van der Waals surface area contributed by atoms with Crippen LogP contribution in [0.15, 0.2) is 36.4 Å². The van der Waals surface area contributed by atoms with E-state index in [9.17, 15) is 4.39 Å². The van der Waals surface area contributed by atoms with E-state index in [1.165, 1.54) is 16.3 Å². The van der Waals surface area contributed by atoms with Gasteiger partial charge in [0, 0.05) is 35.0 Å². The molecule has 1 heterocycles. The molecule has 3 rings (SSSR count). The van der Waals surface area contributed by atoms with Gasteiger partial charge in [0.1, 0.15) is 19.0 Å². The van der Waals surface area contributed by atoms with Crippen LogP contribution in [0.4, 0.5) is 4.39 Å². The normalized spacial score (nSPS) is 11.5. The predicted octanol–water partition coefficient (Wildman–Crippen LogP) is 4.66. The Labute approximate surface area is 153 Å². The molecule has 26 heavy (non-hydrogen) atoms. The number of nitrogens with one attached hydrogen (secondary N) is 1. The number of ether oxygens (including phenoxy) is 3. The van der Waals surface area contributed by atoms with Crippen molar-refractivity contribution < 1.29 is 18.6 Å². The van der Waals surface area contributed by atoms with Crippen LogP contribution in [0.2, 0.25) is 0 Å². The highest BCUT2D eigenvalue weighted by Gasteiger charge is 2.06. The first-order chi connectivity index (χ1) is 12.8. The fourth-order valence-electron chi connectivity index (χ4n) is 2.97. The van der Waals surface area contributed by atoms with Crippen molar-refractivity contribution in [3.05, 3.63) is 42.0 Å². The Morgan fingerprint density at radius 1 is 0.846 bits per heavy atom. The number of alkyl halides is 1. The van der Waals surface area contributed by atoms with Gasteiger partial charge in [0.05, 0.1) is 13.2 Å². The number of hydrogen-bond acceptors (Lipinski definition) is 3. The van der Waals surface area contributed by atoms with Crippen LogP contribution >= 0.6 is 0 Å². The molecule has 1 N–H and O–H groups in total. The highest BCUT2D eigenvalue weighted by Crippen LogP contribution is 2.29. The van der Waals surface area contributed by atoms with Gasteiger partial charge in [-0.2, -0.15) is 0 Å². The second kappa shape index (κ2) is 9.55. The molecule has 0 aliphatic heterocycles. The zero-order valence-corrected chi connectivity index (χ0v) is 15.2. The molecule has 5 heteroatoms. The van der Waals surface area contributed by atoms with E-state index in [1.807, 2.05) is 6.07 Å². The van der Waals surface area contributed by atoms with Crippen LogP contribution in [0, 0.1) is 0 Å². The minimum Gasteiger partial charge on any atom is -0.491 e. The van der Waals surface area contributed by atoms with E-state index >= 15 is 0 Å². The van der Waals surface area contributed by atoms with Crippen LogP contribution in [0.25, 0.3) is 21.8 Å². The molecule has 0 spiro atoms. The Kier molecular flexibility index (Phi) is 6.86. The van der Waals surface area contributed by atoms with Gasteiger partial charge in [-0.1, -0.05) is 13.0 Å². The molecule has 140 valence electrons. The van der Waals surface area contributed by atoms with Crippen molar-refractivity contribution in [3.8, 4) is 5.75 Å². The number of halogens is 1. The first kappa shape index (κ1) is 18.7. The van der Waals surface area contributed by atoms with E-state index in [1.54, 1.807) is 0 Å². The number of rotatable bonds is 11. The van der Waals surface area contributed by atoms with E-state index in [2.05, 4.69) is 42.2 Å². The van der Waals surface area contributed by atoms with Gasteiger partial charge in [-0.15, -0.1) is 0 Å². The lowest BCUT2D eigenvalue weighted by Crippen LogP contribution is -2.09. The molecule has 3 aromatic rings. The predicted molar refractivity (Wildman–Crippen MR) is 103 cm³/mol. The summed E-state index contributed by atoms with van der Waals surface area (Å²) in [6.07, 6.45) is 1.79. The summed E-state index contributed by atoms with van der Waals surface area (Å²) in [6, 6.07) is 12.7. The summed E-state index contributed by atoms with van der Waals surface area (Å²) in [5.74, 6) is 0.843. The molecule has 0 aliphatic rings. The van der Waals surface area contributed by atoms with Crippen molar-refractivity contribution in [1.82, 2.24) is 4.98 Å².